The quantitative estimate of drug-likeness (QED) is 0.464. The maximum Gasteiger partial charge on any atom is 0.307 e. The van der Waals surface area contributed by atoms with Gasteiger partial charge in [0.15, 0.2) is 11.9 Å². The van der Waals surface area contributed by atoms with Gasteiger partial charge >= 0.3 is 5.97 Å². The van der Waals surface area contributed by atoms with Crippen molar-refractivity contribution < 1.29 is 28.6 Å². The highest BCUT2D eigenvalue weighted by Gasteiger charge is 2.30. The average Bonchev–Trinajstić information content (AvgIpc) is 2.69. The lowest BCUT2D eigenvalue weighted by atomic mass is 10.1. The standard InChI is InChI=1S/C22H31NO6/c1-5-12-27-19-8-6-18(7-9-19)20(24)10-11-21(25)29-17(4)22(26)23-13-15(2)28-16(3)14-23/h6-9,15-17H,5,10-14H2,1-4H3. The van der Waals surface area contributed by atoms with Crippen molar-refractivity contribution in [1.29, 1.82) is 0 Å². The van der Waals surface area contributed by atoms with Crippen molar-refractivity contribution in [2.24, 2.45) is 0 Å². The van der Waals surface area contributed by atoms with Crippen molar-refractivity contribution in [3.63, 3.8) is 0 Å². The number of esters is 1. The SMILES string of the molecule is CCCOc1ccc(C(=O)CCC(=O)OC(C)C(=O)N2CC(C)OC(C)C2)cc1. The van der Waals surface area contributed by atoms with E-state index >= 15 is 0 Å². The third-order valence-corrected chi connectivity index (χ3v) is 4.59. The molecule has 7 heteroatoms. The second kappa shape index (κ2) is 11.0. The lowest BCUT2D eigenvalue weighted by molar-refractivity contribution is -0.164. The summed E-state index contributed by atoms with van der Waals surface area (Å²) in [5.74, 6) is -0.244. The van der Waals surface area contributed by atoms with Gasteiger partial charge in [-0.25, -0.2) is 0 Å². The fraction of sp³-hybridized carbons (Fsp3) is 0.591. The summed E-state index contributed by atoms with van der Waals surface area (Å²) in [7, 11) is 0. The first-order chi connectivity index (χ1) is 13.8. The van der Waals surface area contributed by atoms with Crippen LogP contribution in [-0.2, 0) is 19.1 Å². The zero-order valence-corrected chi connectivity index (χ0v) is 17.7. The Balaban J connectivity index is 1.78. The van der Waals surface area contributed by atoms with Crippen LogP contribution in [0.3, 0.4) is 0 Å². The molecule has 2 rings (SSSR count). The highest BCUT2D eigenvalue weighted by Crippen LogP contribution is 2.16. The number of Topliss-reactive ketones (excluding diaryl/α,β-unsaturated/α-hetero) is 1. The van der Waals surface area contributed by atoms with Crippen molar-refractivity contribution in [2.75, 3.05) is 19.7 Å². The van der Waals surface area contributed by atoms with E-state index in [0.29, 0.717) is 31.0 Å². The van der Waals surface area contributed by atoms with Crippen molar-refractivity contribution in [1.82, 2.24) is 4.90 Å². The van der Waals surface area contributed by atoms with Crippen LogP contribution in [0.25, 0.3) is 0 Å². The lowest BCUT2D eigenvalue weighted by Gasteiger charge is -2.36. The number of amides is 1. The number of benzene rings is 1. The van der Waals surface area contributed by atoms with Crippen LogP contribution < -0.4 is 4.74 Å². The second-order valence-electron chi connectivity index (χ2n) is 7.43. The smallest absolute Gasteiger partial charge is 0.307 e. The molecule has 1 amide bonds. The van der Waals surface area contributed by atoms with E-state index in [9.17, 15) is 14.4 Å². The molecule has 1 fully saturated rings. The molecule has 0 spiro atoms. The summed E-state index contributed by atoms with van der Waals surface area (Å²) in [5.41, 5.74) is 0.516. The highest BCUT2D eigenvalue weighted by molar-refractivity contribution is 5.97. The van der Waals surface area contributed by atoms with Gasteiger partial charge in [-0.15, -0.1) is 0 Å². The van der Waals surface area contributed by atoms with Crippen LogP contribution in [0.5, 0.6) is 5.75 Å². The molecule has 1 aromatic carbocycles. The minimum Gasteiger partial charge on any atom is -0.494 e. The van der Waals surface area contributed by atoms with E-state index < -0.39 is 12.1 Å². The molecule has 1 aliphatic heterocycles. The number of morpholine rings is 1. The first-order valence-corrected chi connectivity index (χ1v) is 10.2. The van der Waals surface area contributed by atoms with Crippen LogP contribution in [0, 0.1) is 0 Å². The fourth-order valence-corrected chi connectivity index (χ4v) is 3.24. The molecular formula is C22H31NO6. The predicted molar refractivity (Wildman–Crippen MR) is 108 cm³/mol. The van der Waals surface area contributed by atoms with Crippen LogP contribution in [0.4, 0.5) is 0 Å². The van der Waals surface area contributed by atoms with E-state index in [4.69, 9.17) is 14.2 Å². The summed E-state index contributed by atoms with van der Waals surface area (Å²) in [5, 5.41) is 0. The third-order valence-electron chi connectivity index (χ3n) is 4.59. The normalized spacial score (nSPS) is 20.1. The number of ketones is 1. The molecule has 160 valence electrons. The Bertz CT molecular complexity index is 692. The zero-order valence-electron chi connectivity index (χ0n) is 17.7. The van der Waals surface area contributed by atoms with Gasteiger partial charge in [0.2, 0.25) is 0 Å². The largest absolute Gasteiger partial charge is 0.494 e. The highest BCUT2D eigenvalue weighted by atomic mass is 16.5. The molecule has 0 N–H and O–H groups in total. The van der Waals surface area contributed by atoms with Gasteiger partial charge in [-0.3, -0.25) is 14.4 Å². The molecule has 0 bridgehead atoms. The van der Waals surface area contributed by atoms with Crippen molar-refractivity contribution in [2.45, 2.75) is 65.3 Å². The Morgan fingerprint density at radius 2 is 1.72 bits per heavy atom. The Hall–Kier alpha value is -2.41. The number of nitrogens with zero attached hydrogens (tertiary/aromatic N) is 1. The first kappa shape index (κ1) is 22.9. The van der Waals surface area contributed by atoms with Crippen molar-refractivity contribution in [3.05, 3.63) is 29.8 Å². The van der Waals surface area contributed by atoms with Crippen LogP contribution in [0.1, 0.15) is 57.3 Å². The van der Waals surface area contributed by atoms with Crippen molar-refractivity contribution in [3.8, 4) is 5.75 Å². The van der Waals surface area contributed by atoms with Gasteiger partial charge in [0.25, 0.3) is 5.91 Å². The average molecular weight is 405 g/mol. The minimum atomic E-state index is -0.884. The molecule has 1 aliphatic rings. The maximum atomic E-state index is 12.5. The number of carbonyl (C=O) groups excluding carboxylic acids is 3. The fourth-order valence-electron chi connectivity index (χ4n) is 3.24. The molecule has 3 atom stereocenters. The second-order valence-corrected chi connectivity index (χ2v) is 7.43. The predicted octanol–water partition coefficient (Wildman–Crippen LogP) is 3.01. The summed E-state index contributed by atoms with van der Waals surface area (Å²) in [6, 6.07) is 6.86. The molecule has 0 aromatic heterocycles. The van der Waals surface area contributed by atoms with Gasteiger partial charge in [-0.1, -0.05) is 6.92 Å². The minimum absolute atomic E-state index is 0.0283. The number of hydrogen-bond acceptors (Lipinski definition) is 6. The van der Waals surface area contributed by atoms with E-state index in [0.717, 1.165) is 6.42 Å². The molecule has 3 unspecified atom stereocenters. The molecule has 0 radical (unpaired) electrons. The maximum absolute atomic E-state index is 12.5. The topological polar surface area (TPSA) is 82.1 Å². The van der Waals surface area contributed by atoms with Gasteiger partial charge in [-0.2, -0.15) is 0 Å². The molecule has 0 aliphatic carbocycles. The third kappa shape index (κ3) is 7.16. The van der Waals surface area contributed by atoms with Crippen molar-refractivity contribution >= 4 is 17.7 Å². The molecule has 1 saturated heterocycles. The van der Waals surface area contributed by atoms with Gasteiger partial charge in [-0.05, 0) is 51.5 Å². The summed E-state index contributed by atoms with van der Waals surface area (Å²) >= 11 is 0. The Labute approximate surface area is 172 Å². The number of hydrogen-bond donors (Lipinski definition) is 0. The lowest BCUT2D eigenvalue weighted by Crippen LogP contribution is -2.51. The van der Waals surface area contributed by atoms with E-state index in [1.165, 1.54) is 0 Å². The molecule has 1 heterocycles. The van der Waals surface area contributed by atoms with Crippen LogP contribution >= 0.6 is 0 Å². The Kier molecular flexibility index (Phi) is 8.64. The zero-order chi connectivity index (χ0) is 21.4. The number of ether oxygens (including phenoxy) is 3. The number of carbonyl (C=O) groups is 3. The van der Waals surface area contributed by atoms with Gasteiger partial charge in [0.05, 0.1) is 25.2 Å². The molecule has 0 saturated carbocycles. The monoisotopic (exact) mass is 405 g/mol. The summed E-state index contributed by atoms with van der Waals surface area (Å²) < 4.78 is 16.3. The molecule has 1 aromatic rings. The van der Waals surface area contributed by atoms with E-state index in [-0.39, 0.29) is 36.7 Å². The summed E-state index contributed by atoms with van der Waals surface area (Å²) in [6.45, 7) is 8.96. The Morgan fingerprint density at radius 1 is 1.10 bits per heavy atom. The van der Waals surface area contributed by atoms with Crippen LogP contribution in [-0.4, -0.2) is 60.6 Å². The number of rotatable bonds is 9. The van der Waals surface area contributed by atoms with Gasteiger partial charge in [0, 0.05) is 25.1 Å². The van der Waals surface area contributed by atoms with Crippen LogP contribution in [0.2, 0.25) is 0 Å². The first-order valence-electron chi connectivity index (χ1n) is 10.2. The van der Waals surface area contributed by atoms with E-state index in [1.807, 2.05) is 20.8 Å². The van der Waals surface area contributed by atoms with E-state index in [2.05, 4.69) is 0 Å². The summed E-state index contributed by atoms with van der Waals surface area (Å²) in [4.78, 5) is 38.5. The van der Waals surface area contributed by atoms with Gasteiger partial charge < -0.3 is 19.1 Å². The summed E-state index contributed by atoms with van der Waals surface area (Å²) in [6.07, 6.45) is -0.122. The molecule has 7 nitrogen and oxygen atoms in total. The molecule has 29 heavy (non-hydrogen) atoms. The Morgan fingerprint density at radius 3 is 2.31 bits per heavy atom. The van der Waals surface area contributed by atoms with Gasteiger partial charge in [0.1, 0.15) is 5.75 Å². The van der Waals surface area contributed by atoms with E-state index in [1.54, 1.807) is 36.1 Å². The molecular weight excluding hydrogens is 374 g/mol. The van der Waals surface area contributed by atoms with Crippen LogP contribution in [0.15, 0.2) is 24.3 Å².